The lowest BCUT2D eigenvalue weighted by Crippen LogP contribution is -2.20. The average molecular weight is 412 g/mol. The van der Waals surface area contributed by atoms with Crippen LogP contribution in [0.15, 0.2) is 77.7 Å². The fraction of sp³-hybridized carbons (Fsp3) is 0.0952. The Morgan fingerprint density at radius 3 is 2.18 bits per heavy atom. The standard InChI is InChI=1S/C21H21N3O2S2/c1-15-8-6-7-11-19(15)23-21(27)22-18-13-12-16(2)20(14-18)28(25,26)24-17-9-4-3-5-10-17/h3-14,24H,1-2H3,(H2,22,23,27). The van der Waals surface area contributed by atoms with Gasteiger partial charge >= 0.3 is 0 Å². The molecule has 0 saturated heterocycles. The summed E-state index contributed by atoms with van der Waals surface area (Å²) in [6.07, 6.45) is 0. The van der Waals surface area contributed by atoms with Crippen molar-refractivity contribution in [2.75, 3.05) is 15.4 Å². The predicted octanol–water partition coefficient (Wildman–Crippen LogP) is 4.91. The summed E-state index contributed by atoms with van der Waals surface area (Å²) in [5.74, 6) is 0. The molecule has 5 nitrogen and oxygen atoms in total. The summed E-state index contributed by atoms with van der Waals surface area (Å²) in [6, 6.07) is 21.7. The first-order valence-corrected chi connectivity index (χ1v) is 10.6. The molecule has 0 heterocycles. The van der Waals surface area contributed by atoms with Crippen molar-refractivity contribution in [3.05, 3.63) is 83.9 Å². The quantitative estimate of drug-likeness (QED) is 0.520. The SMILES string of the molecule is Cc1ccccc1NC(=S)Nc1ccc(C)c(S(=O)(=O)Nc2ccccc2)c1. The summed E-state index contributed by atoms with van der Waals surface area (Å²) in [5, 5.41) is 6.56. The van der Waals surface area contributed by atoms with Gasteiger partial charge in [0.2, 0.25) is 0 Å². The maximum Gasteiger partial charge on any atom is 0.262 e. The first kappa shape index (κ1) is 19.9. The van der Waals surface area contributed by atoms with Crippen molar-refractivity contribution < 1.29 is 8.42 Å². The van der Waals surface area contributed by atoms with Gasteiger partial charge in [0.05, 0.1) is 4.90 Å². The average Bonchev–Trinajstić information content (AvgIpc) is 2.65. The summed E-state index contributed by atoms with van der Waals surface area (Å²) in [5.41, 5.74) is 3.70. The number of benzene rings is 3. The van der Waals surface area contributed by atoms with E-state index in [2.05, 4.69) is 15.4 Å². The minimum absolute atomic E-state index is 0.194. The normalized spacial score (nSPS) is 10.9. The zero-order chi connectivity index (χ0) is 20.1. The van der Waals surface area contributed by atoms with Crippen LogP contribution in [0.4, 0.5) is 17.1 Å². The molecule has 0 atom stereocenters. The molecule has 3 aromatic carbocycles. The molecule has 0 aliphatic heterocycles. The highest BCUT2D eigenvalue weighted by Gasteiger charge is 2.18. The fourth-order valence-corrected chi connectivity index (χ4v) is 4.24. The third-order valence-corrected chi connectivity index (χ3v) is 5.88. The molecule has 0 amide bonds. The van der Waals surface area contributed by atoms with E-state index < -0.39 is 10.0 Å². The number of rotatable bonds is 5. The van der Waals surface area contributed by atoms with Crippen LogP contribution in [0.25, 0.3) is 0 Å². The van der Waals surface area contributed by atoms with Gasteiger partial charge in [-0.2, -0.15) is 0 Å². The topological polar surface area (TPSA) is 70.2 Å². The maximum atomic E-state index is 12.8. The van der Waals surface area contributed by atoms with Crippen LogP contribution in [-0.4, -0.2) is 13.5 Å². The van der Waals surface area contributed by atoms with E-state index in [1.165, 1.54) is 0 Å². The highest BCUT2D eigenvalue weighted by atomic mass is 32.2. The van der Waals surface area contributed by atoms with E-state index in [0.29, 0.717) is 22.1 Å². The number of nitrogens with one attached hydrogen (secondary N) is 3. The van der Waals surface area contributed by atoms with Crippen molar-refractivity contribution in [2.45, 2.75) is 18.7 Å². The molecular weight excluding hydrogens is 390 g/mol. The number of thiocarbonyl (C=S) groups is 1. The smallest absolute Gasteiger partial charge is 0.262 e. The number of aryl methyl sites for hydroxylation is 2. The van der Waals surface area contributed by atoms with E-state index in [9.17, 15) is 8.42 Å². The van der Waals surface area contributed by atoms with Crippen molar-refractivity contribution in [1.29, 1.82) is 0 Å². The van der Waals surface area contributed by atoms with Gasteiger partial charge in [-0.3, -0.25) is 4.72 Å². The van der Waals surface area contributed by atoms with Crippen molar-refractivity contribution in [2.24, 2.45) is 0 Å². The van der Waals surface area contributed by atoms with Gasteiger partial charge in [-0.25, -0.2) is 8.42 Å². The number of hydrogen-bond donors (Lipinski definition) is 3. The van der Waals surface area contributed by atoms with E-state index in [0.717, 1.165) is 11.3 Å². The van der Waals surface area contributed by atoms with Crippen molar-refractivity contribution >= 4 is 44.4 Å². The molecule has 3 rings (SSSR count). The second kappa shape index (κ2) is 8.41. The Kier molecular flexibility index (Phi) is 5.96. The van der Waals surface area contributed by atoms with Crippen molar-refractivity contribution in [3.63, 3.8) is 0 Å². The van der Waals surface area contributed by atoms with Crippen LogP contribution >= 0.6 is 12.2 Å². The lowest BCUT2D eigenvalue weighted by atomic mass is 10.2. The minimum atomic E-state index is -3.72. The molecule has 7 heteroatoms. The van der Waals surface area contributed by atoms with Crippen LogP contribution in [-0.2, 0) is 10.0 Å². The first-order valence-electron chi connectivity index (χ1n) is 8.67. The summed E-state index contributed by atoms with van der Waals surface area (Å²) in [6.45, 7) is 3.74. The van der Waals surface area contributed by atoms with Crippen LogP contribution in [0.5, 0.6) is 0 Å². The second-order valence-electron chi connectivity index (χ2n) is 6.35. The lowest BCUT2D eigenvalue weighted by Gasteiger charge is -2.15. The Labute approximate surface area is 170 Å². The number of anilines is 3. The van der Waals surface area contributed by atoms with Crippen LogP contribution in [0.1, 0.15) is 11.1 Å². The molecule has 0 aromatic heterocycles. The van der Waals surface area contributed by atoms with Gasteiger partial charge in [0.25, 0.3) is 10.0 Å². The largest absolute Gasteiger partial charge is 0.332 e. The maximum absolute atomic E-state index is 12.8. The van der Waals surface area contributed by atoms with Crippen LogP contribution in [0.2, 0.25) is 0 Å². The van der Waals surface area contributed by atoms with E-state index in [-0.39, 0.29) is 4.90 Å². The van der Waals surface area contributed by atoms with E-state index in [4.69, 9.17) is 12.2 Å². The molecular formula is C21H21N3O2S2. The van der Waals surface area contributed by atoms with Crippen LogP contribution < -0.4 is 15.4 Å². The molecule has 0 spiro atoms. The van der Waals surface area contributed by atoms with Gasteiger partial charge < -0.3 is 10.6 Å². The molecule has 28 heavy (non-hydrogen) atoms. The van der Waals surface area contributed by atoms with Gasteiger partial charge in [0, 0.05) is 17.1 Å². The number of sulfonamides is 1. The number of para-hydroxylation sites is 2. The van der Waals surface area contributed by atoms with E-state index in [1.54, 1.807) is 49.4 Å². The zero-order valence-corrected chi connectivity index (χ0v) is 17.2. The molecule has 0 unspecified atom stereocenters. The molecule has 144 valence electrons. The number of hydrogen-bond acceptors (Lipinski definition) is 3. The van der Waals surface area contributed by atoms with Gasteiger partial charge in [0.1, 0.15) is 0 Å². The molecule has 0 aliphatic rings. The molecule has 0 bridgehead atoms. The zero-order valence-electron chi connectivity index (χ0n) is 15.6. The molecule has 0 fully saturated rings. The Morgan fingerprint density at radius 1 is 0.786 bits per heavy atom. The fourth-order valence-electron chi connectivity index (χ4n) is 2.68. The molecule has 0 aliphatic carbocycles. The third kappa shape index (κ3) is 4.88. The van der Waals surface area contributed by atoms with Gasteiger partial charge in [-0.1, -0.05) is 42.5 Å². The minimum Gasteiger partial charge on any atom is -0.332 e. The summed E-state index contributed by atoms with van der Waals surface area (Å²) < 4.78 is 28.2. The summed E-state index contributed by atoms with van der Waals surface area (Å²) >= 11 is 5.36. The van der Waals surface area contributed by atoms with Crippen LogP contribution in [0, 0.1) is 13.8 Å². The molecule has 3 N–H and O–H groups in total. The molecule has 0 radical (unpaired) electrons. The summed E-state index contributed by atoms with van der Waals surface area (Å²) in [7, 11) is -3.72. The van der Waals surface area contributed by atoms with Gasteiger partial charge in [-0.05, 0) is 67.5 Å². The molecule has 0 saturated carbocycles. The second-order valence-corrected chi connectivity index (χ2v) is 8.40. The predicted molar refractivity (Wildman–Crippen MR) is 119 cm³/mol. The Hall–Kier alpha value is -2.90. The highest BCUT2D eigenvalue weighted by molar-refractivity contribution is 7.92. The lowest BCUT2D eigenvalue weighted by molar-refractivity contribution is 0.600. The Bertz CT molecular complexity index is 1100. The Morgan fingerprint density at radius 2 is 1.46 bits per heavy atom. The van der Waals surface area contributed by atoms with Gasteiger partial charge in [0.15, 0.2) is 5.11 Å². The van der Waals surface area contributed by atoms with Gasteiger partial charge in [-0.15, -0.1) is 0 Å². The van der Waals surface area contributed by atoms with E-state index in [1.807, 2.05) is 37.3 Å². The highest BCUT2D eigenvalue weighted by Crippen LogP contribution is 2.23. The third-order valence-electron chi connectivity index (χ3n) is 4.15. The van der Waals surface area contributed by atoms with E-state index >= 15 is 0 Å². The Balaban J connectivity index is 1.79. The van der Waals surface area contributed by atoms with Crippen molar-refractivity contribution in [1.82, 2.24) is 0 Å². The monoisotopic (exact) mass is 411 g/mol. The summed E-state index contributed by atoms with van der Waals surface area (Å²) in [4.78, 5) is 0.194. The first-order chi connectivity index (χ1) is 13.3. The van der Waals surface area contributed by atoms with Crippen molar-refractivity contribution in [3.8, 4) is 0 Å². The molecule has 3 aromatic rings. The van der Waals surface area contributed by atoms with Crippen LogP contribution in [0.3, 0.4) is 0 Å².